The van der Waals surface area contributed by atoms with Gasteiger partial charge in [-0.05, 0) is 36.3 Å². The number of aromatic nitrogens is 2. The molecule has 2 unspecified atom stereocenters. The summed E-state index contributed by atoms with van der Waals surface area (Å²) in [6, 6.07) is 10.6. The Bertz CT molecular complexity index is 1070. The van der Waals surface area contributed by atoms with Crippen LogP contribution >= 0.6 is 0 Å². The molecule has 1 aromatic heterocycles. The number of carbonyl (C=O) groups is 2. The summed E-state index contributed by atoms with van der Waals surface area (Å²) in [7, 11) is 1.23. The number of methoxy groups -OCH3 is 1. The van der Waals surface area contributed by atoms with E-state index in [0.717, 1.165) is 5.56 Å². The monoisotopic (exact) mass is 453 g/mol. The van der Waals surface area contributed by atoms with Crippen molar-refractivity contribution in [1.82, 2.24) is 14.7 Å². The fraction of sp³-hybridized carbons (Fsp3) is 0.500. The number of primary amides is 1. The maximum atomic E-state index is 15.7. The van der Waals surface area contributed by atoms with E-state index in [0.29, 0.717) is 25.4 Å². The molecule has 2 aromatic rings. The molecule has 1 amide bonds. The lowest BCUT2D eigenvalue weighted by molar-refractivity contribution is -0.139. The minimum Gasteiger partial charge on any atom is -0.469 e. The molecule has 1 saturated carbocycles. The molecule has 9 heteroatoms. The zero-order valence-electron chi connectivity index (χ0n) is 18.7. The van der Waals surface area contributed by atoms with Gasteiger partial charge in [-0.2, -0.15) is 10.4 Å². The number of likely N-dealkylation sites (tertiary alicyclic amines) is 1. The van der Waals surface area contributed by atoms with Gasteiger partial charge in [-0.25, -0.2) is 4.39 Å². The van der Waals surface area contributed by atoms with Crippen LogP contribution in [0.15, 0.2) is 30.5 Å². The van der Waals surface area contributed by atoms with Crippen molar-refractivity contribution >= 4 is 11.9 Å². The van der Waals surface area contributed by atoms with Crippen LogP contribution in [0.25, 0.3) is 0 Å². The summed E-state index contributed by atoms with van der Waals surface area (Å²) in [5, 5.41) is 13.8. The van der Waals surface area contributed by atoms with Crippen LogP contribution in [0.1, 0.15) is 58.8 Å². The van der Waals surface area contributed by atoms with E-state index in [-0.39, 0.29) is 30.6 Å². The number of esters is 1. The van der Waals surface area contributed by atoms with Crippen molar-refractivity contribution in [2.75, 3.05) is 20.2 Å². The van der Waals surface area contributed by atoms with Crippen molar-refractivity contribution in [3.8, 4) is 6.07 Å². The van der Waals surface area contributed by atoms with Crippen LogP contribution in [0.3, 0.4) is 0 Å². The lowest BCUT2D eigenvalue weighted by Gasteiger charge is -2.43. The van der Waals surface area contributed by atoms with Crippen molar-refractivity contribution in [3.05, 3.63) is 52.8 Å². The summed E-state index contributed by atoms with van der Waals surface area (Å²) in [6.07, 6.45) is 2.42. The van der Waals surface area contributed by atoms with E-state index in [1.54, 1.807) is 0 Å². The molecule has 2 heterocycles. The minimum absolute atomic E-state index is 0.0306. The number of nitriles is 1. The van der Waals surface area contributed by atoms with Crippen LogP contribution in [0, 0.1) is 11.3 Å². The summed E-state index contributed by atoms with van der Waals surface area (Å²) < 4.78 is 21.7. The molecule has 174 valence electrons. The van der Waals surface area contributed by atoms with Crippen LogP contribution in [0.5, 0.6) is 0 Å². The molecule has 2 fully saturated rings. The molecule has 0 bridgehead atoms. The summed E-state index contributed by atoms with van der Waals surface area (Å²) >= 11 is 0. The highest BCUT2D eigenvalue weighted by Gasteiger charge is 2.46. The quantitative estimate of drug-likeness (QED) is 0.614. The second kappa shape index (κ2) is 9.32. The van der Waals surface area contributed by atoms with Gasteiger partial charge < -0.3 is 10.5 Å². The van der Waals surface area contributed by atoms with Crippen LogP contribution in [-0.4, -0.2) is 52.9 Å². The number of nitrogens with two attached hydrogens (primary N) is 1. The first-order valence-corrected chi connectivity index (χ1v) is 11.1. The van der Waals surface area contributed by atoms with Crippen LogP contribution in [0.4, 0.5) is 4.39 Å². The van der Waals surface area contributed by atoms with Crippen molar-refractivity contribution in [1.29, 1.82) is 5.26 Å². The van der Waals surface area contributed by atoms with Crippen molar-refractivity contribution < 1.29 is 18.7 Å². The van der Waals surface area contributed by atoms with Gasteiger partial charge in [-0.15, -0.1) is 0 Å². The van der Waals surface area contributed by atoms with Crippen LogP contribution in [-0.2, 0) is 28.0 Å². The number of benzene rings is 1. The second-order valence-electron chi connectivity index (χ2n) is 8.96. The molecule has 1 aliphatic carbocycles. The molecule has 0 radical (unpaired) electrons. The average Bonchev–Trinajstić information content (AvgIpc) is 3.56. The molecule has 8 nitrogen and oxygen atoms in total. The number of piperidine rings is 1. The Morgan fingerprint density at radius 3 is 2.64 bits per heavy atom. The smallest absolute Gasteiger partial charge is 0.311 e. The number of alkyl halides is 1. The number of hydrogen-bond donors (Lipinski definition) is 1. The highest BCUT2D eigenvalue weighted by molar-refractivity contribution is 5.94. The Balaban J connectivity index is 1.53. The molecule has 1 aliphatic heterocycles. The third-order valence-corrected chi connectivity index (χ3v) is 6.73. The molecule has 4 rings (SSSR count). The number of hydrogen-bond acceptors (Lipinski definition) is 6. The fourth-order valence-corrected chi connectivity index (χ4v) is 4.57. The van der Waals surface area contributed by atoms with Crippen LogP contribution in [0.2, 0.25) is 0 Å². The van der Waals surface area contributed by atoms with Crippen molar-refractivity contribution in [3.63, 3.8) is 0 Å². The Labute approximate surface area is 192 Å². The Kier molecular flexibility index (Phi) is 6.47. The number of amides is 1. The Hall–Kier alpha value is -3.25. The average molecular weight is 454 g/mol. The van der Waals surface area contributed by atoms with Gasteiger partial charge in [0.25, 0.3) is 5.91 Å². The number of ether oxygens (including phenoxy) is 1. The van der Waals surface area contributed by atoms with E-state index in [1.165, 1.54) is 36.4 Å². The molecule has 1 saturated heterocycles. The highest BCUT2D eigenvalue weighted by atomic mass is 19.1. The topological polar surface area (TPSA) is 114 Å². The van der Waals surface area contributed by atoms with E-state index < -0.39 is 23.6 Å². The standard InChI is InChI=1S/C24H28FN5O3/c1-33-22(31)12-20-19(23(27)32)14-30(28-20)24(8-10-26)9-11-29(15-21(24)25)13-16-2-4-17(5-3-16)18-6-7-18/h2-5,14,18,21H,6-9,11-13,15H2,1H3,(H2,27,32). The molecular weight excluding hydrogens is 425 g/mol. The van der Waals surface area contributed by atoms with Crippen LogP contribution < -0.4 is 5.73 Å². The molecule has 1 aromatic carbocycles. The summed E-state index contributed by atoms with van der Waals surface area (Å²) in [5.74, 6) is -0.662. The first kappa shape index (κ1) is 22.9. The Morgan fingerprint density at radius 2 is 2.06 bits per heavy atom. The SMILES string of the molecule is COC(=O)Cc1nn(C2(CC#N)CCN(Cc3ccc(C4CC4)cc3)CC2F)cc1C(N)=O. The minimum atomic E-state index is -1.40. The van der Waals surface area contributed by atoms with Crippen molar-refractivity contribution in [2.24, 2.45) is 5.73 Å². The Morgan fingerprint density at radius 1 is 1.33 bits per heavy atom. The number of carbonyl (C=O) groups excluding carboxylic acids is 2. The summed E-state index contributed by atoms with van der Waals surface area (Å²) in [6.45, 7) is 1.31. The number of halogens is 1. The van der Waals surface area contributed by atoms with E-state index >= 15 is 4.39 Å². The largest absolute Gasteiger partial charge is 0.469 e. The summed E-state index contributed by atoms with van der Waals surface area (Å²) in [4.78, 5) is 25.7. The lowest BCUT2D eigenvalue weighted by atomic mass is 9.83. The molecule has 2 N–H and O–H groups in total. The predicted octanol–water partition coefficient (Wildman–Crippen LogP) is 2.43. The highest BCUT2D eigenvalue weighted by Crippen LogP contribution is 2.40. The second-order valence-corrected chi connectivity index (χ2v) is 8.96. The summed E-state index contributed by atoms with van der Waals surface area (Å²) in [5.41, 5.74) is 6.85. The molecule has 2 atom stereocenters. The van der Waals surface area contributed by atoms with Gasteiger partial charge in [-0.3, -0.25) is 19.2 Å². The van der Waals surface area contributed by atoms with Gasteiger partial charge >= 0.3 is 5.97 Å². The zero-order chi connectivity index (χ0) is 23.6. The van der Waals surface area contributed by atoms with Gasteiger partial charge in [-0.1, -0.05) is 24.3 Å². The molecule has 33 heavy (non-hydrogen) atoms. The van der Waals surface area contributed by atoms with Gasteiger partial charge in [0.1, 0.15) is 11.7 Å². The van der Waals surface area contributed by atoms with Gasteiger partial charge in [0.05, 0.1) is 37.3 Å². The normalized spacial score (nSPS) is 23.1. The zero-order valence-corrected chi connectivity index (χ0v) is 18.7. The first-order chi connectivity index (χ1) is 15.9. The fourth-order valence-electron chi connectivity index (χ4n) is 4.57. The lowest BCUT2D eigenvalue weighted by Crippen LogP contribution is -2.54. The van der Waals surface area contributed by atoms with Gasteiger partial charge in [0.2, 0.25) is 0 Å². The maximum absolute atomic E-state index is 15.7. The predicted molar refractivity (Wildman–Crippen MR) is 118 cm³/mol. The first-order valence-electron chi connectivity index (χ1n) is 11.1. The molecule has 2 aliphatic rings. The number of rotatable bonds is 8. The van der Waals surface area contributed by atoms with E-state index in [9.17, 15) is 14.9 Å². The van der Waals surface area contributed by atoms with E-state index in [1.807, 2.05) is 4.90 Å². The third kappa shape index (κ3) is 4.76. The van der Waals surface area contributed by atoms with Gasteiger partial charge in [0.15, 0.2) is 0 Å². The number of nitrogens with zero attached hydrogens (tertiary/aromatic N) is 4. The third-order valence-electron chi connectivity index (χ3n) is 6.73. The van der Waals surface area contributed by atoms with Gasteiger partial charge in [0, 0.05) is 25.8 Å². The van der Waals surface area contributed by atoms with E-state index in [2.05, 4.69) is 40.2 Å². The van der Waals surface area contributed by atoms with Crippen molar-refractivity contribution in [2.45, 2.75) is 56.3 Å². The molecular formula is C24H28FN5O3. The molecule has 0 spiro atoms. The van der Waals surface area contributed by atoms with E-state index in [4.69, 9.17) is 5.73 Å². The maximum Gasteiger partial charge on any atom is 0.311 e.